The molecule has 1 rings (SSSR count). The number of carboxylic acid groups (broad SMARTS) is 1. The van der Waals surface area contributed by atoms with E-state index in [4.69, 9.17) is 14.6 Å². The van der Waals surface area contributed by atoms with E-state index in [-0.39, 0.29) is 18.0 Å². The first-order valence-corrected chi connectivity index (χ1v) is 8.80. The lowest BCUT2D eigenvalue weighted by atomic mass is 9.67. The van der Waals surface area contributed by atoms with Gasteiger partial charge in [0.15, 0.2) is 0 Å². The van der Waals surface area contributed by atoms with Gasteiger partial charge in [0.05, 0.1) is 0 Å². The molecule has 0 spiro atoms. The quantitative estimate of drug-likeness (QED) is 0.534. The highest BCUT2D eigenvalue weighted by atomic mass is 19.1. The lowest BCUT2D eigenvalue weighted by Crippen LogP contribution is -2.29. The van der Waals surface area contributed by atoms with Crippen LogP contribution in [0.1, 0.15) is 87.0 Å². The second-order valence-corrected chi connectivity index (χ2v) is 8.03. The average molecular weight is 348 g/mol. The molecule has 2 atom stereocenters. The maximum Gasteiger partial charge on any atom is 0.303 e. The zero-order chi connectivity index (χ0) is 19.4. The van der Waals surface area contributed by atoms with Crippen LogP contribution in [0.2, 0.25) is 0 Å². The second kappa shape index (κ2) is 12.3. The molecule has 0 bridgehead atoms. The van der Waals surface area contributed by atoms with Gasteiger partial charge >= 0.3 is 5.97 Å². The van der Waals surface area contributed by atoms with Crippen molar-refractivity contribution >= 4 is 12.4 Å². The molecular weight excluding hydrogens is 311 g/mol. The predicted molar refractivity (Wildman–Crippen MR) is 95.8 cm³/mol. The average Bonchev–Trinajstić information content (AvgIpc) is 2.35. The Morgan fingerprint density at radius 3 is 2.04 bits per heavy atom. The molecule has 1 saturated carbocycles. The van der Waals surface area contributed by atoms with Crippen LogP contribution in [0.4, 0.5) is 4.39 Å². The molecule has 0 aromatic rings. The van der Waals surface area contributed by atoms with Crippen LogP contribution in [0, 0.1) is 11.3 Å². The summed E-state index contributed by atoms with van der Waals surface area (Å²) in [5, 5.41) is 6.89. The molecule has 1 aliphatic carbocycles. The van der Waals surface area contributed by atoms with Crippen molar-refractivity contribution in [3.63, 3.8) is 0 Å². The van der Waals surface area contributed by atoms with Gasteiger partial charge in [-0.15, -0.1) is 0 Å². The highest BCUT2D eigenvalue weighted by molar-refractivity contribution is 5.66. The van der Waals surface area contributed by atoms with Gasteiger partial charge in [-0.1, -0.05) is 33.6 Å². The molecule has 0 radical (unpaired) electrons. The molecular formula is C19H37FO4. The second-order valence-electron chi connectivity index (χ2n) is 8.03. The largest absolute Gasteiger partial charge is 0.483 e. The minimum Gasteiger partial charge on any atom is -0.483 e. The first-order chi connectivity index (χ1) is 10.9. The third kappa shape index (κ3) is 15.8. The molecule has 144 valence electrons. The number of esters is 1. The van der Waals surface area contributed by atoms with Crippen LogP contribution in [0.5, 0.6) is 0 Å². The first kappa shape index (κ1) is 25.1. The molecule has 1 fully saturated rings. The zero-order valence-electron chi connectivity index (χ0n) is 16.5. The summed E-state index contributed by atoms with van der Waals surface area (Å²) in [6.07, 6.45) is 5.93. The van der Waals surface area contributed by atoms with Crippen LogP contribution >= 0.6 is 0 Å². The monoisotopic (exact) mass is 348 g/mol. The van der Waals surface area contributed by atoms with Crippen molar-refractivity contribution in [2.45, 2.75) is 98.8 Å². The highest BCUT2D eigenvalue weighted by Gasteiger charge is 2.34. The topological polar surface area (TPSA) is 63.6 Å². The van der Waals surface area contributed by atoms with Crippen LogP contribution in [0.15, 0.2) is 0 Å². The van der Waals surface area contributed by atoms with Gasteiger partial charge in [-0.2, -0.15) is 0 Å². The number of ether oxygens (including phenoxy) is 1. The van der Waals surface area contributed by atoms with Crippen molar-refractivity contribution in [3.05, 3.63) is 0 Å². The Hall–Kier alpha value is -1.13. The van der Waals surface area contributed by atoms with Crippen molar-refractivity contribution in [2.75, 3.05) is 0 Å². The predicted octanol–water partition coefficient (Wildman–Crippen LogP) is 5.39. The third-order valence-electron chi connectivity index (χ3n) is 4.08. The van der Waals surface area contributed by atoms with Crippen LogP contribution in [-0.4, -0.2) is 29.3 Å². The molecule has 5 heteroatoms. The van der Waals surface area contributed by atoms with Gasteiger partial charge in [0.2, 0.25) is 0 Å². The van der Waals surface area contributed by atoms with E-state index in [1.807, 2.05) is 20.8 Å². The molecule has 24 heavy (non-hydrogen) atoms. The number of rotatable bonds is 5. The summed E-state index contributed by atoms with van der Waals surface area (Å²) in [6.45, 7) is 13.2. The minimum atomic E-state index is -0.555. The van der Waals surface area contributed by atoms with Crippen molar-refractivity contribution in [2.24, 2.45) is 11.3 Å². The molecule has 0 saturated heterocycles. The summed E-state index contributed by atoms with van der Waals surface area (Å²) in [5.41, 5.74) is 0.0265. The molecule has 0 amide bonds. The Morgan fingerprint density at radius 2 is 1.83 bits per heavy atom. The van der Waals surface area contributed by atoms with Crippen molar-refractivity contribution in [1.29, 1.82) is 0 Å². The van der Waals surface area contributed by atoms with Crippen LogP contribution < -0.4 is 0 Å². The lowest BCUT2D eigenvalue weighted by molar-refractivity contribution is -0.151. The number of hydrogen-bond acceptors (Lipinski definition) is 3. The number of carbonyl (C=O) groups excluding carboxylic acids is 1. The Morgan fingerprint density at radius 1 is 1.38 bits per heavy atom. The molecule has 0 aromatic carbocycles. The van der Waals surface area contributed by atoms with Gasteiger partial charge in [-0.25, -0.2) is 4.39 Å². The Bertz CT molecular complexity index is 346. The van der Waals surface area contributed by atoms with E-state index < -0.39 is 6.17 Å². The molecule has 0 aromatic heterocycles. The van der Waals surface area contributed by atoms with Crippen LogP contribution in [0.3, 0.4) is 0 Å². The van der Waals surface area contributed by atoms with Crippen molar-refractivity contribution in [1.82, 2.24) is 0 Å². The van der Waals surface area contributed by atoms with E-state index in [0.29, 0.717) is 11.3 Å². The van der Waals surface area contributed by atoms with Crippen LogP contribution in [0.25, 0.3) is 0 Å². The number of carbonyl (C=O) groups is 2. The minimum absolute atomic E-state index is 0.225. The van der Waals surface area contributed by atoms with E-state index in [0.717, 1.165) is 19.3 Å². The Kier molecular flexibility index (Phi) is 12.8. The highest BCUT2D eigenvalue weighted by Crippen LogP contribution is 2.45. The fourth-order valence-corrected chi connectivity index (χ4v) is 2.64. The van der Waals surface area contributed by atoms with E-state index >= 15 is 0 Å². The summed E-state index contributed by atoms with van der Waals surface area (Å²) >= 11 is 0. The summed E-state index contributed by atoms with van der Waals surface area (Å²) in [7, 11) is 0. The van der Waals surface area contributed by atoms with E-state index in [2.05, 4.69) is 20.8 Å². The number of hydrogen-bond donors (Lipinski definition) is 1. The summed E-state index contributed by atoms with van der Waals surface area (Å²) < 4.78 is 18.4. The molecule has 2 unspecified atom stereocenters. The maximum atomic E-state index is 13.6. The fraction of sp³-hybridized carbons (Fsp3) is 0.895. The zero-order valence-corrected chi connectivity index (χ0v) is 16.5. The standard InChI is InChI=1S/C12H23F.C6H12O2.CH2O2/c1-4-10(2)8-11(13)9-12(3)6-5-7-12;1-5(7)8-6(2,3)4;2-1-3/h10-11H,4-9H2,1-3H3;1-4H3;1H,(H,2,3). The summed E-state index contributed by atoms with van der Waals surface area (Å²) in [4.78, 5) is 18.6. The fourth-order valence-electron chi connectivity index (χ4n) is 2.64. The number of alkyl halides is 1. The Balaban J connectivity index is 0. The van der Waals surface area contributed by atoms with Gasteiger partial charge in [0.25, 0.3) is 6.47 Å². The Labute approximate surface area is 147 Å². The molecule has 1 aliphatic rings. The smallest absolute Gasteiger partial charge is 0.303 e. The van der Waals surface area contributed by atoms with Gasteiger partial charge < -0.3 is 9.84 Å². The normalized spacial score (nSPS) is 17.7. The van der Waals surface area contributed by atoms with Crippen molar-refractivity contribution < 1.29 is 23.8 Å². The molecule has 1 N–H and O–H groups in total. The molecule has 0 heterocycles. The summed E-state index contributed by atoms with van der Waals surface area (Å²) in [5.74, 6) is 0.330. The van der Waals surface area contributed by atoms with Gasteiger partial charge in [-0.05, 0) is 57.8 Å². The van der Waals surface area contributed by atoms with Gasteiger partial charge in [0, 0.05) is 6.92 Å². The summed E-state index contributed by atoms with van der Waals surface area (Å²) in [6, 6.07) is 0. The SMILES string of the molecule is CC(=O)OC(C)(C)C.CCC(C)CC(F)CC1(C)CCC1.O=CO. The molecule has 4 nitrogen and oxygen atoms in total. The van der Waals surface area contributed by atoms with Gasteiger partial charge in [-0.3, -0.25) is 9.59 Å². The first-order valence-electron chi connectivity index (χ1n) is 8.80. The van der Waals surface area contributed by atoms with E-state index in [9.17, 15) is 9.18 Å². The van der Waals surface area contributed by atoms with Crippen LogP contribution in [-0.2, 0) is 14.3 Å². The van der Waals surface area contributed by atoms with E-state index in [1.54, 1.807) is 0 Å². The van der Waals surface area contributed by atoms with E-state index in [1.165, 1.54) is 26.2 Å². The van der Waals surface area contributed by atoms with Gasteiger partial charge in [0.1, 0.15) is 11.8 Å². The molecule has 0 aliphatic heterocycles. The number of halogens is 1. The lowest BCUT2D eigenvalue weighted by Gasteiger charge is -2.39. The third-order valence-corrected chi connectivity index (χ3v) is 4.08. The maximum absolute atomic E-state index is 13.6. The van der Waals surface area contributed by atoms with Crippen molar-refractivity contribution in [3.8, 4) is 0 Å².